The minimum atomic E-state index is -0.872. The Balaban J connectivity index is 2.16. The molecule has 0 spiro atoms. The number of carbonyl (C=O) groups is 1. The molecule has 1 amide bonds. The van der Waals surface area contributed by atoms with E-state index in [2.05, 4.69) is 25.4 Å². The van der Waals surface area contributed by atoms with E-state index in [0.29, 0.717) is 32.9 Å². The van der Waals surface area contributed by atoms with Gasteiger partial charge in [0.1, 0.15) is 4.83 Å². The van der Waals surface area contributed by atoms with Crippen LogP contribution in [0.2, 0.25) is 0 Å². The van der Waals surface area contributed by atoms with Crippen LogP contribution in [0.5, 0.6) is 0 Å². The molecule has 3 heterocycles. The summed E-state index contributed by atoms with van der Waals surface area (Å²) >= 11 is 1.19. The maximum absolute atomic E-state index is 12.0. The quantitative estimate of drug-likeness (QED) is 0.686. The van der Waals surface area contributed by atoms with Crippen LogP contribution in [0, 0.1) is 4.91 Å². The van der Waals surface area contributed by atoms with Crippen LogP contribution in [-0.2, 0) is 0 Å². The van der Waals surface area contributed by atoms with E-state index in [-0.39, 0.29) is 11.9 Å². The van der Waals surface area contributed by atoms with Gasteiger partial charge in [-0.25, -0.2) is 9.97 Å². The molecule has 0 aliphatic heterocycles. The molecule has 1 unspecified atom stereocenters. The lowest BCUT2D eigenvalue weighted by Gasteiger charge is -2.10. The van der Waals surface area contributed by atoms with E-state index in [1.54, 1.807) is 30.6 Å². The first-order valence-electron chi connectivity index (χ1n) is 7.21. The van der Waals surface area contributed by atoms with Gasteiger partial charge in [0, 0.05) is 29.9 Å². The zero-order chi connectivity index (χ0) is 17.1. The molecule has 122 valence electrons. The number of amides is 1. The van der Waals surface area contributed by atoms with Gasteiger partial charge < -0.3 is 11.1 Å². The number of nitrogen functional groups attached to an aromatic ring is 1. The summed E-state index contributed by atoms with van der Waals surface area (Å²) in [7, 11) is 0. The first-order chi connectivity index (χ1) is 11.6. The van der Waals surface area contributed by atoms with Crippen molar-refractivity contribution in [1.82, 2.24) is 20.3 Å². The van der Waals surface area contributed by atoms with Crippen molar-refractivity contribution in [1.29, 1.82) is 0 Å². The zero-order valence-corrected chi connectivity index (χ0v) is 13.6. The number of nitrogens with one attached hydrogen (secondary N) is 1. The van der Waals surface area contributed by atoms with Gasteiger partial charge in [-0.1, -0.05) is 11.2 Å². The Labute approximate surface area is 141 Å². The SMILES string of the molecule is CCNC(=O)c1cc2c(C(N=O)c3cccnc3)nc(N)nc2s1. The van der Waals surface area contributed by atoms with E-state index >= 15 is 0 Å². The lowest BCUT2D eigenvalue weighted by atomic mass is 10.0. The van der Waals surface area contributed by atoms with Gasteiger partial charge in [-0.05, 0) is 19.1 Å². The number of carbonyl (C=O) groups excluding carboxylic acids is 1. The van der Waals surface area contributed by atoms with Crippen LogP contribution in [0.3, 0.4) is 0 Å². The highest BCUT2D eigenvalue weighted by Gasteiger charge is 2.23. The highest BCUT2D eigenvalue weighted by molar-refractivity contribution is 7.20. The van der Waals surface area contributed by atoms with Crippen LogP contribution < -0.4 is 11.1 Å². The molecule has 0 aromatic carbocycles. The summed E-state index contributed by atoms with van der Waals surface area (Å²) in [4.78, 5) is 36.9. The van der Waals surface area contributed by atoms with Gasteiger partial charge in [0.05, 0.1) is 10.6 Å². The number of nitrogens with zero attached hydrogens (tertiary/aromatic N) is 4. The van der Waals surface area contributed by atoms with Gasteiger partial charge in [0.25, 0.3) is 5.91 Å². The van der Waals surface area contributed by atoms with Gasteiger partial charge in [-0.15, -0.1) is 16.2 Å². The second-order valence-corrected chi connectivity index (χ2v) is 5.98. The molecule has 3 aromatic rings. The molecular weight excluding hydrogens is 328 g/mol. The lowest BCUT2D eigenvalue weighted by Crippen LogP contribution is -2.21. The molecule has 0 saturated heterocycles. The molecule has 0 saturated carbocycles. The molecule has 8 nitrogen and oxygen atoms in total. The predicted molar refractivity (Wildman–Crippen MR) is 91.7 cm³/mol. The highest BCUT2D eigenvalue weighted by Crippen LogP contribution is 2.34. The molecule has 1 atom stereocenters. The average Bonchev–Trinajstić information content (AvgIpc) is 3.01. The Bertz CT molecular complexity index is 896. The first-order valence-corrected chi connectivity index (χ1v) is 8.03. The summed E-state index contributed by atoms with van der Waals surface area (Å²) < 4.78 is 0. The Morgan fingerprint density at radius 1 is 1.46 bits per heavy atom. The Morgan fingerprint density at radius 2 is 2.29 bits per heavy atom. The smallest absolute Gasteiger partial charge is 0.261 e. The summed E-state index contributed by atoms with van der Waals surface area (Å²) in [6.45, 7) is 2.35. The first kappa shape index (κ1) is 15.9. The van der Waals surface area contributed by atoms with E-state index < -0.39 is 6.04 Å². The Morgan fingerprint density at radius 3 is 2.96 bits per heavy atom. The minimum absolute atomic E-state index is 0.0272. The van der Waals surface area contributed by atoms with Crippen LogP contribution in [0.1, 0.15) is 33.9 Å². The number of rotatable bonds is 5. The fraction of sp³-hybridized carbons (Fsp3) is 0.200. The molecule has 0 bridgehead atoms. The largest absolute Gasteiger partial charge is 0.368 e. The van der Waals surface area contributed by atoms with Gasteiger partial charge in [0.15, 0.2) is 6.04 Å². The number of nitroso groups, excluding NO2 is 1. The second-order valence-electron chi connectivity index (χ2n) is 4.95. The van der Waals surface area contributed by atoms with Crippen LogP contribution in [0.4, 0.5) is 5.95 Å². The van der Waals surface area contributed by atoms with Crippen molar-refractivity contribution < 1.29 is 4.79 Å². The van der Waals surface area contributed by atoms with Gasteiger partial charge >= 0.3 is 0 Å². The molecule has 24 heavy (non-hydrogen) atoms. The molecule has 0 aliphatic rings. The number of nitrogens with two attached hydrogens (primary N) is 1. The number of fused-ring (bicyclic) bond motifs is 1. The Hall–Kier alpha value is -2.94. The van der Waals surface area contributed by atoms with E-state index in [0.717, 1.165) is 0 Å². The van der Waals surface area contributed by atoms with Crippen molar-refractivity contribution >= 4 is 33.4 Å². The normalized spacial score (nSPS) is 12.0. The van der Waals surface area contributed by atoms with E-state index in [9.17, 15) is 9.70 Å². The topological polar surface area (TPSA) is 123 Å². The third-order valence-electron chi connectivity index (χ3n) is 3.37. The summed E-state index contributed by atoms with van der Waals surface area (Å²) in [6, 6.07) is 4.24. The van der Waals surface area contributed by atoms with Crippen molar-refractivity contribution in [3.8, 4) is 0 Å². The van der Waals surface area contributed by atoms with Crippen molar-refractivity contribution in [2.75, 3.05) is 12.3 Å². The Kier molecular flexibility index (Phi) is 4.43. The summed E-state index contributed by atoms with van der Waals surface area (Å²) in [5, 5.41) is 6.49. The van der Waals surface area contributed by atoms with E-state index in [1.807, 2.05) is 6.92 Å². The number of thiophene rings is 1. The minimum Gasteiger partial charge on any atom is -0.368 e. The number of hydrogen-bond donors (Lipinski definition) is 2. The molecule has 9 heteroatoms. The molecule has 0 radical (unpaired) electrons. The third kappa shape index (κ3) is 2.93. The average molecular weight is 342 g/mol. The van der Waals surface area contributed by atoms with Gasteiger partial charge in [-0.2, -0.15) is 0 Å². The number of pyridine rings is 1. The molecule has 3 N–H and O–H groups in total. The molecular formula is C15H14N6O2S. The number of aromatic nitrogens is 3. The molecule has 3 aromatic heterocycles. The standard InChI is InChI=1S/C15H14N6O2S/c1-2-18-13(22)10-6-9-12(19-15(16)20-14(9)24-10)11(21-23)8-4-3-5-17-7-8/h3-7,11H,2H2,1H3,(H,18,22)(H2,16,19,20). The summed E-state index contributed by atoms with van der Waals surface area (Å²) in [5.74, 6) is -0.179. The maximum Gasteiger partial charge on any atom is 0.261 e. The van der Waals surface area contributed by atoms with Crippen molar-refractivity contribution in [2.45, 2.75) is 13.0 Å². The van der Waals surface area contributed by atoms with Crippen molar-refractivity contribution in [2.24, 2.45) is 5.18 Å². The lowest BCUT2D eigenvalue weighted by molar-refractivity contribution is 0.0960. The van der Waals surface area contributed by atoms with Crippen LogP contribution in [0.15, 0.2) is 35.8 Å². The highest BCUT2D eigenvalue weighted by atomic mass is 32.1. The van der Waals surface area contributed by atoms with Crippen molar-refractivity contribution in [3.05, 3.63) is 51.6 Å². The van der Waals surface area contributed by atoms with Crippen molar-refractivity contribution in [3.63, 3.8) is 0 Å². The monoisotopic (exact) mass is 342 g/mol. The zero-order valence-electron chi connectivity index (χ0n) is 12.8. The number of anilines is 1. The van der Waals surface area contributed by atoms with Crippen LogP contribution in [-0.4, -0.2) is 27.4 Å². The molecule has 3 rings (SSSR count). The van der Waals surface area contributed by atoms with E-state index in [1.165, 1.54) is 11.3 Å². The number of hydrogen-bond acceptors (Lipinski definition) is 8. The van der Waals surface area contributed by atoms with Crippen LogP contribution in [0.25, 0.3) is 10.2 Å². The fourth-order valence-electron chi connectivity index (χ4n) is 2.34. The van der Waals surface area contributed by atoms with Gasteiger partial charge in [-0.3, -0.25) is 9.78 Å². The summed E-state index contributed by atoms with van der Waals surface area (Å²) in [6.07, 6.45) is 3.15. The molecule has 0 fully saturated rings. The maximum atomic E-state index is 12.0. The molecule has 0 aliphatic carbocycles. The predicted octanol–water partition coefficient (Wildman–Crippen LogP) is 2.27. The summed E-state index contributed by atoms with van der Waals surface area (Å²) in [5.41, 5.74) is 6.73. The second kappa shape index (κ2) is 6.67. The van der Waals surface area contributed by atoms with Gasteiger partial charge in [0.2, 0.25) is 5.95 Å². The third-order valence-corrected chi connectivity index (χ3v) is 4.39. The van der Waals surface area contributed by atoms with Crippen LogP contribution >= 0.6 is 11.3 Å². The van der Waals surface area contributed by atoms with E-state index in [4.69, 9.17) is 5.73 Å². The fourth-order valence-corrected chi connectivity index (χ4v) is 3.30.